The molecule has 1 saturated carbocycles. The lowest BCUT2D eigenvalue weighted by Gasteiger charge is -2.21. The third-order valence-electron chi connectivity index (χ3n) is 3.33. The van der Waals surface area contributed by atoms with Crippen molar-refractivity contribution in [2.75, 3.05) is 11.9 Å². The van der Waals surface area contributed by atoms with E-state index >= 15 is 0 Å². The van der Waals surface area contributed by atoms with Crippen LogP contribution < -0.4 is 10.2 Å². The van der Waals surface area contributed by atoms with E-state index in [0.717, 1.165) is 10.8 Å². The van der Waals surface area contributed by atoms with Crippen LogP contribution in [0.15, 0.2) is 42.5 Å². The molecule has 0 amide bonds. The molecule has 1 aliphatic carbocycles. The Morgan fingerprint density at radius 2 is 1.89 bits per heavy atom. The Bertz CT molecular complexity index is 590. The second-order valence-corrected chi connectivity index (χ2v) is 5.20. The molecule has 0 bridgehead atoms. The van der Waals surface area contributed by atoms with Gasteiger partial charge < -0.3 is 10.2 Å². The number of anilines is 1. The monoisotopic (exact) mass is 256 g/mol. The molecule has 92 valence electrons. The lowest BCUT2D eigenvalue weighted by molar-refractivity contribution is 0.901. The molecule has 1 aliphatic rings. The van der Waals surface area contributed by atoms with Crippen molar-refractivity contribution in [3.8, 4) is 0 Å². The van der Waals surface area contributed by atoms with Gasteiger partial charge in [-0.05, 0) is 48.0 Å². The second-order valence-electron chi connectivity index (χ2n) is 4.81. The highest BCUT2D eigenvalue weighted by molar-refractivity contribution is 7.80. The Balaban J connectivity index is 1.85. The number of fused-ring (bicyclic) bond motifs is 1. The molecule has 0 heterocycles. The topological polar surface area (TPSA) is 15.3 Å². The Kier molecular flexibility index (Phi) is 2.92. The molecule has 1 fully saturated rings. The Morgan fingerprint density at radius 3 is 2.61 bits per heavy atom. The standard InChI is InChI=1S/C15H16N2S/c1-17(15(18)16-13-7-8-13)14-9-6-11-4-2-3-5-12(11)10-14/h2-6,9-10,13H,7-8H2,1H3,(H,16,18). The van der Waals surface area contributed by atoms with Crippen LogP contribution in [0.5, 0.6) is 0 Å². The lowest BCUT2D eigenvalue weighted by Crippen LogP contribution is -2.38. The summed E-state index contributed by atoms with van der Waals surface area (Å²) in [7, 11) is 2.02. The van der Waals surface area contributed by atoms with E-state index in [1.807, 2.05) is 11.9 Å². The second kappa shape index (κ2) is 4.58. The molecule has 2 aromatic carbocycles. The molecule has 0 aromatic heterocycles. The minimum Gasteiger partial charge on any atom is -0.360 e. The van der Waals surface area contributed by atoms with E-state index in [1.165, 1.54) is 23.6 Å². The Labute approximate surface area is 113 Å². The van der Waals surface area contributed by atoms with Crippen molar-refractivity contribution in [3.63, 3.8) is 0 Å². The fourth-order valence-corrected chi connectivity index (χ4v) is 2.27. The minimum absolute atomic E-state index is 0.598. The fourth-order valence-electron chi connectivity index (χ4n) is 2.00. The number of hydrogen-bond donors (Lipinski definition) is 1. The average Bonchev–Trinajstić information content (AvgIpc) is 3.21. The molecule has 3 rings (SSSR count). The number of rotatable bonds is 2. The van der Waals surface area contributed by atoms with Crippen LogP contribution in [-0.4, -0.2) is 18.2 Å². The van der Waals surface area contributed by atoms with E-state index in [1.54, 1.807) is 0 Å². The van der Waals surface area contributed by atoms with Crippen LogP contribution >= 0.6 is 12.2 Å². The summed E-state index contributed by atoms with van der Waals surface area (Å²) < 4.78 is 0. The summed E-state index contributed by atoms with van der Waals surface area (Å²) in [6.45, 7) is 0. The van der Waals surface area contributed by atoms with Crippen LogP contribution in [0.4, 0.5) is 5.69 Å². The van der Waals surface area contributed by atoms with E-state index < -0.39 is 0 Å². The van der Waals surface area contributed by atoms with Crippen molar-refractivity contribution in [1.82, 2.24) is 5.32 Å². The van der Waals surface area contributed by atoms with Gasteiger partial charge in [-0.25, -0.2) is 0 Å². The van der Waals surface area contributed by atoms with Crippen molar-refractivity contribution in [3.05, 3.63) is 42.5 Å². The fraction of sp³-hybridized carbons (Fsp3) is 0.267. The quantitative estimate of drug-likeness (QED) is 0.830. The van der Waals surface area contributed by atoms with Crippen molar-refractivity contribution in [2.45, 2.75) is 18.9 Å². The van der Waals surface area contributed by atoms with Crippen LogP contribution in [0.2, 0.25) is 0 Å². The average molecular weight is 256 g/mol. The highest BCUT2D eigenvalue weighted by Crippen LogP contribution is 2.23. The zero-order chi connectivity index (χ0) is 12.5. The first-order valence-corrected chi connectivity index (χ1v) is 6.68. The highest BCUT2D eigenvalue weighted by Gasteiger charge is 2.23. The van der Waals surface area contributed by atoms with Gasteiger partial charge in [-0.2, -0.15) is 0 Å². The summed E-state index contributed by atoms with van der Waals surface area (Å²) in [4.78, 5) is 2.04. The van der Waals surface area contributed by atoms with Crippen molar-refractivity contribution in [1.29, 1.82) is 0 Å². The van der Waals surface area contributed by atoms with Gasteiger partial charge in [0.25, 0.3) is 0 Å². The van der Waals surface area contributed by atoms with E-state index in [2.05, 4.69) is 47.8 Å². The summed E-state index contributed by atoms with van der Waals surface area (Å²) in [5, 5.41) is 6.68. The third-order valence-corrected chi connectivity index (χ3v) is 3.72. The van der Waals surface area contributed by atoms with Gasteiger partial charge in [0.05, 0.1) is 0 Å². The van der Waals surface area contributed by atoms with Gasteiger partial charge in [0, 0.05) is 18.8 Å². The van der Waals surface area contributed by atoms with Gasteiger partial charge in [0.1, 0.15) is 0 Å². The summed E-state index contributed by atoms with van der Waals surface area (Å²) in [6.07, 6.45) is 2.48. The van der Waals surface area contributed by atoms with E-state index in [4.69, 9.17) is 12.2 Å². The largest absolute Gasteiger partial charge is 0.360 e. The predicted molar refractivity (Wildman–Crippen MR) is 81.1 cm³/mol. The number of benzene rings is 2. The maximum absolute atomic E-state index is 5.41. The van der Waals surface area contributed by atoms with Crippen molar-refractivity contribution in [2.24, 2.45) is 0 Å². The smallest absolute Gasteiger partial charge is 0.173 e. The van der Waals surface area contributed by atoms with Crippen LogP contribution in [-0.2, 0) is 0 Å². The zero-order valence-corrected chi connectivity index (χ0v) is 11.2. The molecule has 0 saturated heterocycles. The van der Waals surface area contributed by atoms with E-state index in [0.29, 0.717) is 6.04 Å². The molecular formula is C15H16N2S. The molecule has 2 aromatic rings. The van der Waals surface area contributed by atoms with Crippen molar-refractivity contribution >= 4 is 33.8 Å². The summed E-state index contributed by atoms with van der Waals surface area (Å²) in [6, 6.07) is 15.4. The maximum atomic E-state index is 5.41. The Hall–Kier alpha value is -1.61. The first-order valence-electron chi connectivity index (χ1n) is 6.27. The molecule has 1 N–H and O–H groups in total. The molecule has 18 heavy (non-hydrogen) atoms. The van der Waals surface area contributed by atoms with Crippen LogP contribution in [0, 0.1) is 0 Å². The summed E-state index contributed by atoms with van der Waals surface area (Å²) in [5.41, 5.74) is 1.13. The first kappa shape index (κ1) is 11.5. The normalized spacial score (nSPS) is 14.5. The van der Waals surface area contributed by atoms with Gasteiger partial charge in [-0.1, -0.05) is 30.3 Å². The highest BCUT2D eigenvalue weighted by atomic mass is 32.1. The third kappa shape index (κ3) is 2.31. The maximum Gasteiger partial charge on any atom is 0.173 e. The number of thiocarbonyl (C=S) groups is 1. The molecule has 3 heteroatoms. The predicted octanol–water partition coefficient (Wildman–Crippen LogP) is 3.31. The number of hydrogen-bond acceptors (Lipinski definition) is 1. The molecule has 0 radical (unpaired) electrons. The molecule has 2 nitrogen and oxygen atoms in total. The lowest BCUT2D eigenvalue weighted by atomic mass is 10.1. The molecule has 0 spiro atoms. The number of nitrogens with one attached hydrogen (secondary N) is 1. The first-order chi connectivity index (χ1) is 8.74. The van der Waals surface area contributed by atoms with Gasteiger partial charge in [-0.3, -0.25) is 0 Å². The van der Waals surface area contributed by atoms with Gasteiger partial charge in [0.15, 0.2) is 5.11 Å². The van der Waals surface area contributed by atoms with Crippen LogP contribution in [0.3, 0.4) is 0 Å². The number of nitrogens with zero attached hydrogens (tertiary/aromatic N) is 1. The van der Waals surface area contributed by atoms with Gasteiger partial charge >= 0.3 is 0 Å². The molecular weight excluding hydrogens is 240 g/mol. The van der Waals surface area contributed by atoms with Gasteiger partial charge in [0.2, 0.25) is 0 Å². The molecule has 0 atom stereocenters. The van der Waals surface area contributed by atoms with Crippen LogP contribution in [0.1, 0.15) is 12.8 Å². The van der Waals surface area contributed by atoms with Gasteiger partial charge in [-0.15, -0.1) is 0 Å². The molecule has 0 aliphatic heterocycles. The van der Waals surface area contributed by atoms with E-state index in [9.17, 15) is 0 Å². The Morgan fingerprint density at radius 1 is 1.17 bits per heavy atom. The van der Waals surface area contributed by atoms with Crippen LogP contribution in [0.25, 0.3) is 10.8 Å². The van der Waals surface area contributed by atoms with E-state index in [-0.39, 0.29) is 0 Å². The summed E-state index contributed by atoms with van der Waals surface area (Å²) >= 11 is 5.41. The minimum atomic E-state index is 0.598. The molecule has 0 unspecified atom stereocenters. The summed E-state index contributed by atoms with van der Waals surface area (Å²) in [5.74, 6) is 0. The van der Waals surface area contributed by atoms with Crippen molar-refractivity contribution < 1.29 is 0 Å². The SMILES string of the molecule is CN(C(=S)NC1CC1)c1ccc2ccccc2c1. The zero-order valence-electron chi connectivity index (χ0n) is 10.4.